The molecule has 3 heterocycles. The molecule has 1 aromatic rings. The van der Waals surface area contributed by atoms with E-state index in [1.807, 2.05) is 19.1 Å². The number of esters is 1. The molecule has 0 aliphatic carbocycles. The number of rotatable bonds is 4. The summed E-state index contributed by atoms with van der Waals surface area (Å²) in [5.74, 6) is 2.12. The lowest BCUT2D eigenvalue weighted by Gasteiger charge is -2.27. The Balaban J connectivity index is 1.76. The molecule has 0 spiro atoms. The number of carbonyl (C=O) groups excluding carboxylic acids is 1. The van der Waals surface area contributed by atoms with E-state index in [0.29, 0.717) is 18.2 Å². The van der Waals surface area contributed by atoms with E-state index in [-0.39, 0.29) is 5.97 Å². The predicted molar refractivity (Wildman–Crippen MR) is 81.5 cm³/mol. The van der Waals surface area contributed by atoms with Crippen molar-refractivity contribution in [3.05, 3.63) is 23.9 Å². The average molecular weight is 289 g/mol. The normalized spacial score (nSPS) is 27.7. The van der Waals surface area contributed by atoms with Crippen molar-refractivity contribution in [1.29, 1.82) is 0 Å². The number of nitrogens with zero attached hydrogens (tertiary/aromatic N) is 2. The second-order valence-corrected chi connectivity index (χ2v) is 5.84. The topological polar surface area (TPSA) is 54.5 Å². The van der Waals surface area contributed by atoms with Crippen LogP contribution in [0, 0.1) is 11.8 Å². The first-order valence-electron chi connectivity index (χ1n) is 7.85. The molecule has 21 heavy (non-hydrogen) atoms. The molecule has 1 aromatic heterocycles. The molecule has 5 nitrogen and oxygen atoms in total. The van der Waals surface area contributed by atoms with Crippen LogP contribution in [0.3, 0.4) is 0 Å². The third-order valence-corrected chi connectivity index (χ3v) is 4.69. The summed E-state index contributed by atoms with van der Waals surface area (Å²) >= 11 is 0. The Hall–Kier alpha value is -1.62. The van der Waals surface area contributed by atoms with Gasteiger partial charge in [-0.2, -0.15) is 0 Å². The van der Waals surface area contributed by atoms with Crippen molar-refractivity contribution in [3.63, 3.8) is 0 Å². The van der Waals surface area contributed by atoms with Crippen molar-refractivity contribution in [2.75, 3.05) is 31.1 Å². The number of fused-ring (bicyclic) bond motifs is 1. The van der Waals surface area contributed by atoms with Gasteiger partial charge in [-0.1, -0.05) is 6.92 Å². The van der Waals surface area contributed by atoms with E-state index in [4.69, 9.17) is 4.74 Å². The van der Waals surface area contributed by atoms with Gasteiger partial charge in [0.2, 0.25) is 0 Å². The molecule has 0 radical (unpaired) electrons. The van der Waals surface area contributed by atoms with Crippen LogP contribution in [0.5, 0.6) is 0 Å². The van der Waals surface area contributed by atoms with Crippen LogP contribution < -0.4 is 10.2 Å². The summed E-state index contributed by atoms with van der Waals surface area (Å²) < 4.78 is 5.00. The van der Waals surface area contributed by atoms with Gasteiger partial charge in [0.25, 0.3) is 0 Å². The monoisotopic (exact) mass is 289 g/mol. The molecule has 3 rings (SSSR count). The number of hydrogen-bond donors (Lipinski definition) is 1. The maximum atomic E-state index is 11.7. The maximum Gasteiger partial charge on any atom is 0.339 e. The molecule has 3 unspecified atom stereocenters. The zero-order valence-electron chi connectivity index (χ0n) is 12.7. The van der Waals surface area contributed by atoms with Gasteiger partial charge in [-0.25, -0.2) is 9.78 Å². The Morgan fingerprint density at radius 1 is 1.43 bits per heavy atom. The lowest BCUT2D eigenvalue weighted by molar-refractivity contribution is 0.0526. The SMILES string of the molecule is CCOC(=O)c1ccc(N2CC3CNCC3C2CC)nc1. The number of aromatic nitrogens is 1. The summed E-state index contributed by atoms with van der Waals surface area (Å²) in [6.07, 6.45) is 2.76. The Bertz CT molecular complexity index is 503. The molecule has 2 aliphatic heterocycles. The number of nitrogens with one attached hydrogen (secondary N) is 1. The van der Waals surface area contributed by atoms with Gasteiger partial charge in [0.15, 0.2) is 0 Å². The standard InChI is InChI=1S/C16H23N3O2/c1-3-14-13-9-17-7-12(13)10-19(14)15-6-5-11(8-18-15)16(20)21-4-2/h5-6,8,12-14,17H,3-4,7,9-10H2,1-2H3. The lowest BCUT2D eigenvalue weighted by atomic mass is 9.93. The van der Waals surface area contributed by atoms with E-state index in [1.165, 1.54) is 0 Å². The van der Waals surface area contributed by atoms with Gasteiger partial charge in [0, 0.05) is 31.9 Å². The zero-order chi connectivity index (χ0) is 14.8. The summed E-state index contributed by atoms with van der Waals surface area (Å²) in [4.78, 5) is 18.6. The van der Waals surface area contributed by atoms with Crippen LogP contribution in [0.1, 0.15) is 30.6 Å². The Labute approximate surface area is 125 Å². The van der Waals surface area contributed by atoms with E-state index in [1.54, 1.807) is 6.20 Å². The predicted octanol–water partition coefficient (Wildman–Crippen LogP) is 1.69. The molecular formula is C16H23N3O2. The number of pyridine rings is 1. The molecule has 3 atom stereocenters. The first-order chi connectivity index (χ1) is 10.2. The fourth-order valence-corrected chi connectivity index (χ4v) is 3.70. The number of carbonyl (C=O) groups is 1. The van der Waals surface area contributed by atoms with E-state index in [0.717, 1.165) is 43.7 Å². The Morgan fingerprint density at radius 2 is 2.29 bits per heavy atom. The van der Waals surface area contributed by atoms with Crippen molar-refractivity contribution in [3.8, 4) is 0 Å². The van der Waals surface area contributed by atoms with Crippen LogP contribution in [0.4, 0.5) is 5.82 Å². The second kappa shape index (κ2) is 6.02. The van der Waals surface area contributed by atoms with Crippen LogP contribution in [-0.4, -0.2) is 43.2 Å². The summed E-state index contributed by atoms with van der Waals surface area (Å²) in [7, 11) is 0. The fraction of sp³-hybridized carbons (Fsp3) is 0.625. The molecule has 2 aliphatic rings. The van der Waals surface area contributed by atoms with Gasteiger partial charge in [0.1, 0.15) is 5.82 Å². The highest BCUT2D eigenvalue weighted by Gasteiger charge is 2.43. The Kier molecular flexibility index (Phi) is 4.10. The number of ether oxygens (including phenoxy) is 1. The maximum absolute atomic E-state index is 11.7. The molecule has 0 amide bonds. The highest BCUT2D eigenvalue weighted by Crippen LogP contribution is 2.36. The zero-order valence-corrected chi connectivity index (χ0v) is 12.7. The van der Waals surface area contributed by atoms with Crippen molar-refractivity contribution < 1.29 is 9.53 Å². The van der Waals surface area contributed by atoms with Crippen LogP contribution in [0.15, 0.2) is 18.3 Å². The molecule has 2 saturated heterocycles. The summed E-state index contributed by atoms with van der Waals surface area (Å²) in [6.45, 7) is 7.72. The van der Waals surface area contributed by atoms with E-state index in [9.17, 15) is 4.79 Å². The minimum absolute atomic E-state index is 0.300. The van der Waals surface area contributed by atoms with Gasteiger partial charge in [-0.15, -0.1) is 0 Å². The van der Waals surface area contributed by atoms with Gasteiger partial charge >= 0.3 is 5.97 Å². The van der Waals surface area contributed by atoms with Gasteiger partial charge in [-0.05, 0) is 37.3 Å². The summed E-state index contributed by atoms with van der Waals surface area (Å²) in [6, 6.07) is 4.31. The fourth-order valence-electron chi connectivity index (χ4n) is 3.70. The molecule has 2 fully saturated rings. The minimum Gasteiger partial charge on any atom is -0.462 e. The van der Waals surface area contributed by atoms with Gasteiger partial charge in [0.05, 0.1) is 12.2 Å². The van der Waals surface area contributed by atoms with Crippen LogP contribution in [0.25, 0.3) is 0 Å². The second-order valence-electron chi connectivity index (χ2n) is 5.84. The van der Waals surface area contributed by atoms with Crippen molar-refractivity contribution in [2.45, 2.75) is 26.3 Å². The quantitative estimate of drug-likeness (QED) is 0.855. The highest BCUT2D eigenvalue weighted by molar-refractivity contribution is 5.89. The van der Waals surface area contributed by atoms with Crippen LogP contribution >= 0.6 is 0 Å². The molecule has 114 valence electrons. The number of hydrogen-bond acceptors (Lipinski definition) is 5. The Morgan fingerprint density at radius 3 is 2.95 bits per heavy atom. The summed E-state index contributed by atoms with van der Waals surface area (Å²) in [5, 5.41) is 3.49. The average Bonchev–Trinajstić information content (AvgIpc) is 3.08. The van der Waals surface area contributed by atoms with E-state index in [2.05, 4.69) is 22.1 Å². The van der Waals surface area contributed by atoms with E-state index >= 15 is 0 Å². The molecular weight excluding hydrogens is 266 g/mol. The van der Waals surface area contributed by atoms with Gasteiger partial charge < -0.3 is 15.0 Å². The smallest absolute Gasteiger partial charge is 0.339 e. The lowest BCUT2D eigenvalue weighted by Crippen LogP contribution is -2.35. The third-order valence-electron chi connectivity index (χ3n) is 4.69. The number of anilines is 1. The van der Waals surface area contributed by atoms with Crippen LogP contribution in [-0.2, 0) is 4.74 Å². The largest absolute Gasteiger partial charge is 0.462 e. The molecule has 0 aromatic carbocycles. The van der Waals surface area contributed by atoms with Crippen LogP contribution in [0.2, 0.25) is 0 Å². The van der Waals surface area contributed by atoms with Crippen molar-refractivity contribution in [1.82, 2.24) is 10.3 Å². The third kappa shape index (κ3) is 2.62. The molecule has 0 bridgehead atoms. The minimum atomic E-state index is -0.300. The molecule has 1 N–H and O–H groups in total. The van der Waals surface area contributed by atoms with E-state index < -0.39 is 0 Å². The molecule has 0 saturated carbocycles. The summed E-state index contributed by atoms with van der Waals surface area (Å²) in [5.41, 5.74) is 0.523. The first kappa shape index (κ1) is 14.3. The van der Waals surface area contributed by atoms with Crippen molar-refractivity contribution in [2.24, 2.45) is 11.8 Å². The molecule has 5 heteroatoms. The van der Waals surface area contributed by atoms with Gasteiger partial charge in [-0.3, -0.25) is 0 Å². The first-order valence-corrected chi connectivity index (χ1v) is 7.85. The highest BCUT2D eigenvalue weighted by atomic mass is 16.5. The van der Waals surface area contributed by atoms with Crippen molar-refractivity contribution >= 4 is 11.8 Å².